The van der Waals surface area contributed by atoms with Gasteiger partial charge in [0.05, 0.1) is 4.90 Å². The summed E-state index contributed by atoms with van der Waals surface area (Å²) in [5.74, 6) is 2.82. The summed E-state index contributed by atoms with van der Waals surface area (Å²) >= 11 is 0. The van der Waals surface area contributed by atoms with Gasteiger partial charge in [-0.1, -0.05) is 36.4 Å². The zero-order valence-electron chi connectivity index (χ0n) is 23.9. The van der Waals surface area contributed by atoms with Gasteiger partial charge in [-0.15, -0.1) is 0 Å². The van der Waals surface area contributed by atoms with Crippen LogP contribution in [0, 0.1) is 11.8 Å². The third kappa shape index (κ3) is 7.01. The second-order valence-corrected chi connectivity index (χ2v) is 13.5. The Morgan fingerprint density at radius 2 is 1.57 bits per heavy atom. The average molecular weight is 566 g/mol. The highest BCUT2D eigenvalue weighted by atomic mass is 32.2. The van der Waals surface area contributed by atoms with Crippen LogP contribution in [-0.2, 0) is 10.0 Å². The van der Waals surface area contributed by atoms with Crippen molar-refractivity contribution in [2.24, 2.45) is 11.8 Å². The van der Waals surface area contributed by atoms with E-state index in [0.29, 0.717) is 41.2 Å². The molecule has 5 rings (SSSR count). The maximum Gasteiger partial charge on any atom is 0.241 e. The lowest BCUT2D eigenvalue weighted by atomic mass is 9.82. The summed E-state index contributed by atoms with van der Waals surface area (Å²) < 4.78 is 29.1. The minimum atomic E-state index is -3.57. The fraction of sp³-hybridized carbons (Fsp3) is 0.567. The number of aromatic nitrogens is 3. The van der Waals surface area contributed by atoms with Crippen molar-refractivity contribution in [2.75, 3.05) is 35.2 Å². The molecule has 40 heavy (non-hydrogen) atoms. The van der Waals surface area contributed by atoms with Crippen LogP contribution in [0.25, 0.3) is 10.8 Å². The van der Waals surface area contributed by atoms with Crippen LogP contribution in [0.1, 0.15) is 65.7 Å². The van der Waals surface area contributed by atoms with Gasteiger partial charge in [-0.05, 0) is 89.0 Å². The molecule has 2 heterocycles. The maximum atomic E-state index is 13.1. The van der Waals surface area contributed by atoms with Crippen molar-refractivity contribution in [1.82, 2.24) is 19.7 Å². The summed E-state index contributed by atoms with van der Waals surface area (Å²) in [6, 6.07) is 13.7. The maximum absolute atomic E-state index is 13.1. The molecule has 1 aromatic heterocycles. The largest absolute Gasteiger partial charge is 0.354 e. The van der Waals surface area contributed by atoms with Gasteiger partial charge in [0.2, 0.25) is 27.9 Å². The van der Waals surface area contributed by atoms with E-state index in [1.54, 1.807) is 12.1 Å². The Balaban J connectivity index is 1.15. The van der Waals surface area contributed by atoms with E-state index in [1.165, 1.54) is 6.42 Å². The summed E-state index contributed by atoms with van der Waals surface area (Å²) in [6.07, 6.45) is 7.66. The number of rotatable bonds is 10. The lowest BCUT2D eigenvalue weighted by molar-refractivity contribution is 0.284. The molecule has 1 unspecified atom stereocenters. The van der Waals surface area contributed by atoms with Crippen molar-refractivity contribution < 1.29 is 8.42 Å². The highest BCUT2D eigenvalue weighted by Crippen LogP contribution is 2.30. The van der Waals surface area contributed by atoms with Crippen LogP contribution in [0.15, 0.2) is 47.4 Å². The SMILES string of the molecule is CC(C)Nc1nc(NCC2CCC(CNS(=O)(=O)c3cccc4ccccc34)CC2)nc(N2CCCCC2C)n1. The van der Waals surface area contributed by atoms with E-state index in [-0.39, 0.29) is 6.04 Å². The Hall–Kier alpha value is -2.98. The van der Waals surface area contributed by atoms with Crippen LogP contribution in [0.2, 0.25) is 0 Å². The Labute approximate surface area is 238 Å². The average Bonchev–Trinajstić information content (AvgIpc) is 2.95. The summed E-state index contributed by atoms with van der Waals surface area (Å²) in [4.78, 5) is 16.8. The molecule has 1 aliphatic carbocycles. The molecule has 0 radical (unpaired) electrons. The second kappa shape index (κ2) is 12.7. The minimum Gasteiger partial charge on any atom is -0.354 e. The molecule has 1 saturated heterocycles. The van der Waals surface area contributed by atoms with Gasteiger partial charge < -0.3 is 15.5 Å². The fourth-order valence-corrected chi connectivity index (χ4v) is 7.24. The fourth-order valence-electron chi connectivity index (χ4n) is 5.90. The van der Waals surface area contributed by atoms with Gasteiger partial charge in [0.1, 0.15) is 0 Å². The molecular formula is C30H43N7O2S. The molecule has 2 aromatic carbocycles. The molecule has 1 saturated carbocycles. The van der Waals surface area contributed by atoms with Gasteiger partial charge in [-0.2, -0.15) is 15.0 Å². The van der Waals surface area contributed by atoms with Crippen LogP contribution in [0.4, 0.5) is 17.8 Å². The number of anilines is 3. The van der Waals surface area contributed by atoms with E-state index < -0.39 is 10.0 Å². The van der Waals surface area contributed by atoms with E-state index in [9.17, 15) is 8.42 Å². The number of hydrogen-bond acceptors (Lipinski definition) is 8. The Morgan fingerprint density at radius 3 is 2.33 bits per heavy atom. The van der Waals surface area contributed by atoms with Crippen LogP contribution >= 0.6 is 0 Å². The van der Waals surface area contributed by atoms with Crippen molar-refractivity contribution in [1.29, 1.82) is 0 Å². The number of hydrogen-bond donors (Lipinski definition) is 3. The normalized spacial score (nSPS) is 22.0. The van der Waals surface area contributed by atoms with Gasteiger partial charge in [-0.3, -0.25) is 0 Å². The summed E-state index contributed by atoms with van der Waals surface area (Å²) in [6.45, 7) is 8.66. The van der Waals surface area contributed by atoms with Crippen LogP contribution in [0.5, 0.6) is 0 Å². The summed E-state index contributed by atoms with van der Waals surface area (Å²) in [5, 5.41) is 8.53. The molecule has 1 aliphatic heterocycles. The first-order chi connectivity index (χ1) is 19.3. The molecule has 0 amide bonds. The molecule has 10 heteroatoms. The first-order valence-electron chi connectivity index (χ1n) is 14.8. The quantitative estimate of drug-likeness (QED) is 0.299. The number of sulfonamides is 1. The van der Waals surface area contributed by atoms with Crippen molar-refractivity contribution in [3.05, 3.63) is 42.5 Å². The van der Waals surface area contributed by atoms with Crippen LogP contribution in [0.3, 0.4) is 0 Å². The summed E-state index contributed by atoms with van der Waals surface area (Å²) in [7, 11) is -3.57. The Morgan fingerprint density at radius 1 is 0.875 bits per heavy atom. The zero-order chi connectivity index (χ0) is 28.1. The first-order valence-corrected chi connectivity index (χ1v) is 16.3. The number of nitrogens with one attached hydrogen (secondary N) is 3. The van der Waals surface area contributed by atoms with E-state index in [1.807, 2.05) is 30.3 Å². The Bertz CT molecular complexity index is 1380. The standard InChI is InChI=1S/C30H43N7O2S/c1-21(2)33-29-34-28(35-30(36-29)37-18-7-6-9-22(37)3)31-19-23-14-16-24(17-15-23)20-32-40(38,39)27-13-8-11-25-10-4-5-12-26(25)27/h4-5,8,10-13,21-24,32H,6-7,9,14-20H2,1-3H3,(H2,31,33,34,35,36). The molecule has 2 fully saturated rings. The second-order valence-electron chi connectivity index (χ2n) is 11.7. The number of piperidine rings is 1. The molecule has 0 bridgehead atoms. The smallest absolute Gasteiger partial charge is 0.241 e. The van der Waals surface area contributed by atoms with Crippen molar-refractivity contribution in [3.8, 4) is 0 Å². The monoisotopic (exact) mass is 565 g/mol. The molecule has 2 aliphatic rings. The highest BCUT2D eigenvalue weighted by molar-refractivity contribution is 7.89. The van der Waals surface area contributed by atoms with Crippen molar-refractivity contribution in [3.63, 3.8) is 0 Å². The van der Waals surface area contributed by atoms with E-state index in [4.69, 9.17) is 9.97 Å². The van der Waals surface area contributed by atoms with Gasteiger partial charge in [0.15, 0.2) is 0 Å². The molecule has 9 nitrogen and oxygen atoms in total. The molecule has 3 aromatic rings. The molecule has 3 N–H and O–H groups in total. The van der Waals surface area contributed by atoms with E-state index in [0.717, 1.165) is 68.3 Å². The van der Waals surface area contributed by atoms with Crippen molar-refractivity contribution >= 4 is 38.6 Å². The predicted octanol–water partition coefficient (Wildman–Crippen LogP) is 5.42. The number of nitrogens with zero attached hydrogens (tertiary/aromatic N) is 4. The summed E-state index contributed by atoms with van der Waals surface area (Å²) in [5.41, 5.74) is 0. The third-order valence-electron chi connectivity index (χ3n) is 8.22. The first kappa shape index (κ1) is 28.5. The molecule has 0 spiro atoms. The number of benzene rings is 2. The molecule has 216 valence electrons. The van der Waals surface area contributed by atoms with E-state index in [2.05, 4.69) is 46.0 Å². The lowest BCUT2D eigenvalue weighted by Crippen LogP contribution is -2.39. The van der Waals surface area contributed by atoms with Gasteiger partial charge >= 0.3 is 0 Å². The molecular weight excluding hydrogens is 522 g/mol. The Kier molecular flexibility index (Phi) is 9.05. The lowest BCUT2D eigenvalue weighted by Gasteiger charge is -2.33. The molecule has 1 atom stereocenters. The van der Waals surface area contributed by atoms with Gasteiger partial charge in [-0.25, -0.2) is 13.1 Å². The minimum absolute atomic E-state index is 0.232. The van der Waals surface area contributed by atoms with Gasteiger partial charge in [0.25, 0.3) is 0 Å². The number of fused-ring (bicyclic) bond motifs is 1. The highest BCUT2D eigenvalue weighted by Gasteiger charge is 2.25. The third-order valence-corrected chi connectivity index (χ3v) is 9.70. The van der Waals surface area contributed by atoms with Gasteiger partial charge in [0, 0.05) is 37.1 Å². The van der Waals surface area contributed by atoms with Crippen molar-refractivity contribution in [2.45, 2.75) is 82.7 Å². The van der Waals surface area contributed by atoms with Crippen LogP contribution < -0.4 is 20.3 Å². The zero-order valence-corrected chi connectivity index (χ0v) is 24.8. The van der Waals surface area contributed by atoms with Crippen LogP contribution in [-0.4, -0.2) is 55.1 Å². The van der Waals surface area contributed by atoms with E-state index >= 15 is 0 Å². The predicted molar refractivity (Wildman–Crippen MR) is 162 cm³/mol. The topological polar surface area (TPSA) is 112 Å².